The van der Waals surface area contributed by atoms with Crippen LogP contribution in [0.15, 0.2) is 4.99 Å². The Bertz CT molecular complexity index is 575. The Hall–Kier alpha value is -0.680. The van der Waals surface area contributed by atoms with Crippen molar-refractivity contribution in [2.24, 2.45) is 4.99 Å². The van der Waals surface area contributed by atoms with E-state index in [2.05, 4.69) is 70.9 Å². The van der Waals surface area contributed by atoms with Gasteiger partial charge in [-0.15, -0.1) is 24.0 Å². The van der Waals surface area contributed by atoms with Crippen LogP contribution in [0.25, 0.3) is 0 Å². The van der Waals surface area contributed by atoms with E-state index < -0.39 is 0 Å². The van der Waals surface area contributed by atoms with Gasteiger partial charge in [0.15, 0.2) is 5.96 Å². The molecule has 28 heavy (non-hydrogen) atoms. The molecule has 0 aromatic carbocycles. The Morgan fingerprint density at radius 2 is 1.79 bits per heavy atom. The monoisotopic (exact) mass is 523 g/mol. The lowest BCUT2D eigenvalue weighted by molar-refractivity contribution is 0.180. The summed E-state index contributed by atoms with van der Waals surface area (Å²) in [4.78, 5) is 16.7. The minimum Gasteiger partial charge on any atom is -0.357 e. The second kappa shape index (κ2) is 12.8. The van der Waals surface area contributed by atoms with E-state index >= 15 is 0 Å². The largest absolute Gasteiger partial charge is 0.357 e. The van der Waals surface area contributed by atoms with Crippen molar-refractivity contribution in [1.29, 1.82) is 0 Å². The zero-order chi connectivity index (χ0) is 19.8. The van der Waals surface area contributed by atoms with Crippen molar-refractivity contribution in [1.82, 2.24) is 24.5 Å². The lowest BCUT2D eigenvalue weighted by Gasteiger charge is -2.36. The van der Waals surface area contributed by atoms with Gasteiger partial charge < -0.3 is 15.1 Å². The molecular formula is C19H38IN7S. The molecule has 1 aromatic rings. The van der Waals surface area contributed by atoms with Crippen LogP contribution >= 0.6 is 35.5 Å². The maximum Gasteiger partial charge on any atom is 0.205 e. The first-order valence-electron chi connectivity index (χ1n) is 10.3. The fourth-order valence-corrected chi connectivity index (χ4v) is 4.24. The molecule has 9 heteroatoms. The van der Waals surface area contributed by atoms with Gasteiger partial charge in [0.05, 0.1) is 6.54 Å². The number of aryl methyl sites for hydroxylation is 1. The fourth-order valence-electron chi connectivity index (χ4n) is 3.44. The molecular weight excluding hydrogens is 485 g/mol. The maximum atomic E-state index is 4.90. The van der Waals surface area contributed by atoms with Crippen LogP contribution in [-0.2, 0) is 6.42 Å². The topological polar surface area (TPSA) is 59.9 Å². The van der Waals surface area contributed by atoms with Crippen molar-refractivity contribution in [3.05, 3.63) is 5.82 Å². The molecule has 0 unspecified atom stereocenters. The molecule has 0 amide bonds. The van der Waals surface area contributed by atoms with Crippen molar-refractivity contribution >= 4 is 46.6 Å². The van der Waals surface area contributed by atoms with Crippen LogP contribution in [0.5, 0.6) is 0 Å². The molecule has 0 bridgehead atoms. The summed E-state index contributed by atoms with van der Waals surface area (Å²) in [5.74, 6) is 1.99. The summed E-state index contributed by atoms with van der Waals surface area (Å²) in [6.07, 6.45) is 0.900. The van der Waals surface area contributed by atoms with E-state index in [1.54, 1.807) is 0 Å². The number of halogens is 1. The molecule has 7 nitrogen and oxygen atoms in total. The van der Waals surface area contributed by atoms with E-state index in [0.717, 1.165) is 69.1 Å². The molecule has 2 heterocycles. The fraction of sp³-hybridized carbons (Fsp3) is 0.842. The second-order valence-electron chi connectivity index (χ2n) is 7.48. The van der Waals surface area contributed by atoms with Gasteiger partial charge in [0.25, 0.3) is 0 Å². The zero-order valence-corrected chi connectivity index (χ0v) is 21.5. The summed E-state index contributed by atoms with van der Waals surface area (Å²) in [6.45, 7) is 19.8. The van der Waals surface area contributed by atoms with E-state index in [4.69, 9.17) is 4.99 Å². The van der Waals surface area contributed by atoms with Crippen LogP contribution in [0.4, 0.5) is 5.13 Å². The molecule has 0 radical (unpaired) electrons. The third kappa shape index (κ3) is 7.29. The predicted molar refractivity (Wildman–Crippen MR) is 131 cm³/mol. The number of rotatable bonds is 8. The molecule has 1 fully saturated rings. The highest BCUT2D eigenvalue weighted by Crippen LogP contribution is 2.19. The van der Waals surface area contributed by atoms with Crippen LogP contribution in [0.3, 0.4) is 0 Å². The highest BCUT2D eigenvalue weighted by molar-refractivity contribution is 14.0. The third-order valence-corrected chi connectivity index (χ3v) is 5.72. The highest BCUT2D eigenvalue weighted by atomic mass is 127. The lowest BCUT2D eigenvalue weighted by atomic mass is 10.2. The van der Waals surface area contributed by atoms with Gasteiger partial charge in [-0.3, -0.25) is 9.89 Å². The van der Waals surface area contributed by atoms with Gasteiger partial charge in [-0.1, -0.05) is 6.92 Å². The summed E-state index contributed by atoms with van der Waals surface area (Å²) in [5.41, 5.74) is 0. The summed E-state index contributed by atoms with van der Waals surface area (Å²) in [7, 11) is 0. The van der Waals surface area contributed by atoms with Gasteiger partial charge in [0.1, 0.15) is 5.82 Å². The van der Waals surface area contributed by atoms with E-state index in [9.17, 15) is 0 Å². The van der Waals surface area contributed by atoms with Gasteiger partial charge in [0.2, 0.25) is 5.13 Å². The standard InChI is InChI=1S/C19H37N7S.HI/c1-7-17-22-19(27-23-17)25-13-11-24(12-14-25)18(20-8-2)21-9-10-26(15(3)4)16(5)6;/h15-16H,7-14H2,1-6H3,(H,20,21);1H. The van der Waals surface area contributed by atoms with Crippen molar-refractivity contribution < 1.29 is 0 Å². The molecule has 1 N–H and O–H groups in total. The Morgan fingerprint density at radius 1 is 1.14 bits per heavy atom. The maximum absolute atomic E-state index is 4.90. The van der Waals surface area contributed by atoms with E-state index in [0.29, 0.717) is 12.1 Å². The molecule has 0 spiro atoms. The quantitative estimate of drug-likeness (QED) is 0.321. The van der Waals surface area contributed by atoms with Crippen molar-refractivity contribution in [2.45, 2.75) is 60.0 Å². The summed E-state index contributed by atoms with van der Waals surface area (Å²) in [5, 5.41) is 4.52. The van der Waals surface area contributed by atoms with Gasteiger partial charge in [0, 0.05) is 69.3 Å². The second-order valence-corrected chi connectivity index (χ2v) is 8.21. The molecule has 1 aromatic heterocycles. The van der Waals surface area contributed by atoms with Crippen molar-refractivity contribution in [3.63, 3.8) is 0 Å². The average Bonchev–Trinajstić information content (AvgIpc) is 3.13. The number of piperazine rings is 1. The predicted octanol–water partition coefficient (Wildman–Crippen LogP) is 2.92. The minimum absolute atomic E-state index is 0. The van der Waals surface area contributed by atoms with Crippen molar-refractivity contribution in [2.75, 3.05) is 50.7 Å². The number of nitrogens with one attached hydrogen (secondary N) is 1. The first-order valence-corrected chi connectivity index (χ1v) is 11.1. The number of hydrogen-bond donors (Lipinski definition) is 1. The number of aromatic nitrogens is 2. The van der Waals surface area contributed by atoms with E-state index in [1.165, 1.54) is 11.5 Å². The van der Waals surface area contributed by atoms with Gasteiger partial charge >= 0.3 is 0 Å². The Morgan fingerprint density at radius 3 is 2.29 bits per heavy atom. The smallest absolute Gasteiger partial charge is 0.205 e. The van der Waals surface area contributed by atoms with Gasteiger partial charge in [-0.05, 0) is 34.6 Å². The normalized spacial score (nSPS) is 15.5. The molecule has 1 aliphatic rings. The first-order chi connectivity index (χ1) is 13.0. The molecule has 1 saturated heterocycles. The van der Waals surface area contributed by atoms with E-state index in [-0.39, 0.29) is 24.0 Å². The van der Waals surface area contributed by atoms with Crippen molar-refractivity contribution in [3.8, 4) is 0 Å². The summed E-state index contributed by atoms with van der Waals surface area (Å²) >= 11 is 1.52. The minimum atomic E-state index is 0. The Kier molecular flexibility index (Phi) is 11.6. The molecule has 2 rings (SSSR count). The Balaban J connectivity index is 0.00000392. The summed E-state index contributed by atoms with van der Waals surface area (Å²) in [6, 6.07) is 1.09. The number of nitrogens with zero attached hydrogens (tertiary/aromatic N) is 6. The van der Waals surface area contributed by atoms with Crippen LogP contribution < -0.4 is 10.2 Å². The molecule has 0 atom stereocenters. The van der Waals surface area contributed by atoms with Crippen LogP contribution in [0.1, 0.15) is 47.4 Å². The lowest BCUT2D eigenvalue weighted by Crippen LogP contribution is -2.52. The molecule has 1 aliphatic heterocycles. The number of anilines is 1. The van der Waals surface area contributed by atoms with Crippen LogP contribution in [0.2, 0.25) is 0 Å². The van der Waals surface area contributed by atoms with Crippen LogP contribution in [-0.4, -0.2) is 83.0 Å². The Labute approximate surface area is 192 Å². The molecule has 0 saturated carbocycles. The zero-order valence-electron chi connectivity index (χ0n) is 18.3. The number of aliphatic imine (C=N–C) groups is 1. The SMILES string of the molecule is CCNC(=NCCN(C(C)C)C(C)C)N1CCN(c2nc(CC)ns2)CC1.I. The van der Waals surface area contributed by atoms with Crippen LogP contribution in [0, 0.1) is 0 Å². The van der Waals surface area contributed by atoms with Gasteiger partial charge in [-0.2, -0.15) is 4.37 Å². The van der Waals surface area contributed by atoms with Gasteiger partial charge in [-0.25, -0.2) is 4.98 Å². The number of hydrogen-bond acceptors (Lipinski definition) is 6. The molecule has 162 valence electrons. The van der Waals surface area contributed by atoms with E-state index in [1.807, 2.05) is 0 Å². The molecule has 0 aliphatic carbocycles. The average molecular weight is 524 g/mol. The summed E-state index contributed by atoms with van der Waals surface area (Å²) < 4.78 is 4.41. The number of guanidine groups is 1. The highest BCUT2D eigenvalue weighted by Gasteiger charge is 2.22. The third-order valence-electron chi connectivity index (χ3n) is 4.90. The first kappa shape index (κ1) is 25.4.